The summed E-state index contributed by atoms with van der Waals surface area (Å²) < 4.78 is 19.3. The molecule has 4 nitrogen and oxygen atoms in total. The van der Waals surface area contributed by atoms with Gasteiger partial charge in [-0.3, -0.25) is 4.79 Å². The summed E-state index contributed by atoms with van der Waals surface area (Å²) >= 11 is 3.17. The quantitative estimate of drug-likeness (QED) is 0.779. The number of halogens is 3. The van der Waals surface area contributed by atoms with Crippen molar-refractivity contribution < 1.29 is 13.9 Å². The monoisotopic (exact) mass is 394 g/mol. The summed E-state index contributed by atoms with van der Waals surface area (Å²) in [7, 11) is 0. The number of rotatable bonds is 6. The fraction of sp³-hybridized carbons (Fsp3) is 0.533. The number of amides is 1. The molecule has 7 heteroatoms. The molecule has 0 bridgehead atoms. The van der Waals surface area contributed by atoms with Crippen molar-refractivity contribution in [2.45, 2.75) is 19.3 Å². The number of carbonyl (C=O) groups excluding carboxylic acids is 1. The van der Waals surface area contributed by atoms with Crippen LogP contribution in [0.1, 0.15) is 19.3 Å². The molecule has 2 N–H and O–H groups in total. The largest absolute Gasteiger partial charge is 0.481 e. The number of benzene rings is 1. The Labute approximate surface area is 144 Å². The van der Waals surface area contributed by atoms with Crippen LogP contribution in [0.25, 0.3) is 0 Å². The van der Waals surface area contributed by atoms with Crippen LogP contribution < -0.4 is 15.4 Å². The van der Waals surface area contributed by atoms with E-state index in [2.05, 4.69) is 26.6 Å². The normalized spacial score (nSPS) is 17.5. The molecule has 1 fully saturated rings. The summed E-state index contributed by atoms with van der Waals surface area (Å²) in [6.07, 6.45) is 3.37. The minimum atomic E-state index is -0.481. The van der Waals surface area contributed by atoms with Gasteiger partial charge in [-0.1, -0.05) is 15.9 Å². The molecule has 1 saturated heterocycles. The van der Waals surface area contributed by atoms with Crippen molar-refractivity contribution in [2.24, 2.45) is 5.92 Å². The van der Waals surface area contributed by atoms with Crippen molar-refractivity contribution >= 4 is 34.2 Å². The molecule has 1 atom stereocenters. The van der Waals surface area contributed by atoms with Crippen LogP contribution in [0.3, 0.4) is 0 Å². The fourth-order valence-electron chi connectivity index (χ4n) is 2.37. The maximum Gasteiger partial charge on any atom is 0.257 e. The Hall–Kier alpha value is -0.850. The Morgan fingerprint density at radius 3 is 3.00 bits per heavy atom. The SMILES string of the molecule is Cl.O=C(COc1ccc(Br)cc1F)NCCC1CCCNC1. The lowest BCUT2D eigenvalue weighted by molar-refractivity contribution is -0.123. The molecule has 0 saturated carbocycles. The van der Waals surface area contributed by atoms with Gasteiger partial charge in [0.25, 0.3) is 5.91 Å². The van der Waals surface area contributed by atoms with Gasteiger partial charge >= 0.3 is 0 Å². The molecule has 0 aromatic heterocycles. The summed E-state index contributed by atoms with van der Waals surface area (Å²) in [6.45, 7) is 2.59. The third-order valence-corrected chi connectivity index (χ3v) is 4.02. The summed E-state index contributed by atoms with van der Waals surface area (Å²) in [5.74, 6) is 0.0141. The molecule has 1 aliphatic rings. The van der Waals surface area contributed by atoms with E-state index in [4.69, 9.17) is 4.74 Å². The molecule has 1 aromatic carbocycles. The number of nitrogens with one attached hydrogen (secondary N) is 2. The Balaban J connectivity index is 0.00000242. The first-order chi connectivity index (χ1) is 10.1. The lowest BCUT2D eigenvalue weighted by Crippen LogP contribution is -2.34. The van der Waals surface area contributed by atoms with Gasteiger partial charge in [0, 0.05) is 11.0 Å². The fourth-order valence-corrected chi connectivity index (χ4v) is 2.71. The second-order valence-electron chi connectivity index (χ2n) is 5.21. The molecule has 0 aliphatic carbocycles. The number of hydrogen-bond donors (Lipinski definition) is 2. The highest BCUT2D eigenvalue weighted by molar-refractivity contribution is 9.10. The number of carbonyl (C=O) groups is 1. The molecule has 0 spiro atoms. The van der Waals surface area contributed by atoms with Gasteiger partial charge in [-0.2, -0.15) is 0 Å². The van der Waals surface area contributed by atoms with Gasteiger partial charge < -0.3 is 15.4 Å². The molecule has 1 aromatic rings. The van der Waals surface area contributed by atoms with Crippen LogP contribution in [0.5, 0.6) is 5.75 Å². The zero-order valence-corrected chi connectivity index (χ0v) is 14.6. The second kappa shape index (κ2) is 10.0. The van der Waals surface area contributed by atoms with Gasteiger partial charge in [0.2, 0.25) is 0 Å². The minimum Gasteiger partial charge on any atom is -0.481 e. The first kappa shape index (κ1) is 19.2. The van der Waals surface area contributed by atoms with E-state index in [0.29, 0.717) is 16.9 Å². The van der Waals surface area contributed by atoms with E-state index in [-0.39, 0.29) is 30.7 Å². The second-order valence-corrected chi connectivity index (χ2v) is 6.13. The summed E-state index contributed by atoms with van der Waals surface area (Å²) in [6, 6.07) is 4.48. The lowest BCUT2D eigenvalue weighted by Gasteiger charge is -2.22. The molecule has 0 radical (unpaired) electrons. The highest BCUT2D eigenvalue weighted by Crippen LogP contribution is 2.21. The average molecular weight is 396 g/mol. The minimum absolute atomic E-state index is 0. The predicted molar refractivity (Wildman–Crippen MR) is 90.1 cm³/mol. The van der Waals surface area contributed by atoms with E-state index in [0.717, 1.165) is 19.5 Å². The van der Waals surface area contributed by atoms with Crippen molar-refractivity contribution in [1.82, 2.24) is 10.6 Å². The van der Waals surface area contributed by atoms with Crippen LogP contribution in [-0.4, -0.2) is 32.1 Å². The van der Waals surface area contributed by atoms with Crippen LogP contribution in [-0.2, 0) is 4.79 Å². The maximum absolute atomic E-state index is 13.5. The van der Waals surface area contributed by atoms with Gasteiger partial charge in [-0.25, -0.2) is 4.39 Å². The molecule has 1 aliphatic heterocycles. The number of piperidine rings is 1. The Morgan fingerprint density at radius 2 is 2.32 bits per heavy atom. The first-order valence-corrected chi connectivity index (χ1v) is 7.99. The van der Waals surface area contributed by atoms with Gasteiger partial charge in [-0.15, -0.1) is 12.4 Å². The standard InChI is InChI=1S/C15H20BrFN2O2.ClH/c16-12-3-4-14(13(17)8-12)21-10-15(20)19-7-5-11-2-1-6-18-9-11;/h3-4,8,11,18H,1-2,5-7,9-10H2,(H,19,20);1H. The smallest absolute Gasteiger partial charge is 0.257 e. The van der Waals surface area contributed by atoms with Crippen LogP contribution in [0.4, 0.5) is 4.39 Å². The van der Waals surface area contributed by atoms with Crippen molar-refractivity contribution in [2.75, 3.05) is 26.2 Å². The van der Waals surface area contributed by atoms with Crippen LogP contribution in [0.15, 0.2) is 22.7 Å². The van der Waals surface area contributed by atoms with Crippen molar-refractivity contribution in [3.63, 3.8) is 0 Å². The van der Waals surface area contributed by atoms with E-state index in [1.165, 1.54) is 25.0 Å². The molecule has 1 heterocycles. The van der Waals surface area contributed by atoms with Crippen LogP contribution in [0.2, 0.25) is 0 Å². The topological polar surface area (TPSA) is 50.4 Å². The average Bonchev–Trinajstić information content (AvgIpc) is 2.47. The van der Waals surface area contributed by atoms with E-state index < -0.39 is 5.82 Å². The third-order valence-electron chi connectivity index (χ3n) is 3.53. The highest BCUT2D eigenvalue weighted by atomic mass is 79.9. The van der Waals surface area contributed by atoms with Crippen molar-refractivity contribution in [3.8, 4) is 5.75 Å². The molecule has 2 rings (SSSR count). The van der Waals surface area contributed by atoms with Crippen molar-refractivity contribution in [3.05, 3.63) is 28.5 Å². The molecular weight excluding hydrogens is 375 g/mol. The summed E-state index contributed by atoms with van der Waals surface area (Å²) in [4.78, 5) is 11.7. The van der Waals surface area contributed by atoms with E-state index in [9.17, 15) is 9.18 Å². The lowest BCUT2D eigenvalue weighted by atomic mass is 9.96. The summed E-state index contributed by atoms with van der Waals surface area (Å²) in [5.41, 5.74) is 0. The molecule has 1 amide bonds. The number of ether oxygens (including phenoxy) is 1. The van der Waals surface area contributed by atoms with Gasteiger partial charge in [0.05, 0.1) is 0 Å². The van der Waals surface area contributed by atoms with Gasteiger partial charge in [0.1, 0.15) is 0 Å². The summed E-state index contributed by atoms with van der Waals surface area (Å²) in [5, 5.41) is 6.16. The van der Waals surface area contributed by atoms with E-state index >= 15 is 0 Å². The van der Waals surface area contributed by atoms with Gasteiger partial charge in [0.15, 0.2) is 18.2 Å². The molecule has 22 heavy (non-hydrogen) atoms. The Morgan fingerprint density at radius 1 is 1.50 bits per heavy atom. The van der Waals surface area contributed by atoms with E-state index in [1.54, 1.807) is 6.07 Å². The molecule has 124 valence electrons. The first-order valence-electron chi connectivity index (χ1n) is 7.20. The molecular formula is C15H21BrClFN2O2. The maximum atomic E-state index is 13.5. The highest BCUT2D eigenvalue weighted by Gasteiger charge is 2.13. The van der Waals surface area contributed by atoms with Gasteiger partial charge in [-0.05, 0) is 56.5 Å². The molecule has 1 unspecified atom stereocenters. The number of hydrogen-bond acceptors (Lipinski definition) is 3. The Kier molecular flexibility index (Phi) is 8.75. The van der Waals surface area contributed by atoms with Crippen LogP contribution in [0, 0.1) is 11.7 Å². The van der Waals surface area contributed by atoms with E-state index in [1.807, 2.05) is 0 Å². The zero-order valence-electron chi connectivity index (χ0n) is 12.2. The van der Waals surface area contributed by atoms with Crippen LogP contribution >= 0.6 is 28.3 Å². The van der Waals surface area contributed by atoms with Crippen molar-refractivity contribution in [1.29, 1.82) is 0 Å². The third kappa shape index (κ3) is 6.50. The zero-order chi connectivity index (χ0) is 15.1. The Bertz CT molecular complexity index is 485. The predicted octanol–water partition coefficient (Wildman–Crippen LogP) is 2.89.